The van der Waals surface area contributed by atoms with Gasteiger partial charge in [0, 0.05) is 13.0 Å². The summed E-state index contributed by atoms with van der Waals surface area (Å²) < 4.78 is 40.7. The van der Waals surface area contributed by atoms with E-state index in [0.29, 0.717) is 18.5 Å². The number of halogens is 3. The third-order valence-corrected chi connectivity index (χ3v) is 4.23. The highest BCUT2D eigenvalue weighted by molar-refractivity contribution is 5.75. The highest BCUT2D eigenvalue weighted by atomic mass is 19.4. The van der Waals surface area contributed by atoms with Crippen molar-refractivity contribution in [2.75, 3.05) is 0 Å². The highest BCUT2D eigenvalue weighted by Crippen LogP contribution is 2.37. The van der Waals surface area contributed by atoms with Crippen molar-refractivity contribution in [3.8, 4) is 0 Å². The molecule has 0 heterocycles. The number of rotatable bonds is 6. The molecular weight excluding hydrogens is 351 g/mol. The smallest absolute Gasteiger partial charge is 0.352 e. The molecule has 0 aromatic heterocycles. The number of benzene rings is 2. The van der Waals surface area contributed by atoms with Crippen LogP contribution in [0.5, 0.6) is 0 Å². The molecule has 5 heteroatoms. The summed E-state index contributed by atoms with van der Waals surface area (Å²) in [4.78, 5) is 11.3. The van der Waals surface area contributed by atoms with Crippen molar-refractivity contribution in [1.29, 1.82) is 0 Å². The van der Waals surface area contributed by atoms with E-state index >= 15 is 0 Å². The molecule has 0 spiro atoms. The first-order valence-electron chi connectivity index (χ1n) is 8.87. The van der Waals surface area contributed by atoms with Gasteiger partial charge in [-0.25, -0.2) is 0 Å². The SMILES string of the molecule is CCC(=O)NCc1ccc(/C=C/C(c2cc(C)cc(C)c2)C(F)(F)F)cc1. The van der Waals surface area contributed by atoms with Gasteiger partial charge in [-0.1, -0.05) is 72.7 Å². The Kier molecular flexibility index (Phi) is 6.83. The van der Waals surface area contributed by atoms with Gasteiger partial charge in [0.2, 0.25) is 5.91 Å². The molecule has 0 saturated carbocycles. The number of hydrogen-bond acceptors (Lipinski definition) is 1. The molecule has 0 bridgehead atoms. The predicted octanol–water partition coefficient (Wildman–Crippen LogP) is 5.69. The van der Waals surface area contributed by atoms with Gasteiger partial charge in [-0.05, 0) is 30.5 Å². The third kappa shape index (κ3) is 6.27. The fourth-order valence-corrected chi connectivity index (χ4v) is 2.88. The summed E-state index contributed by atoms with van der Waals surface area (Å²) in [7, 11) is 0. The summed E-state index contributed by atoms with van der Waals surface area (Å²) in [6.45, 7) is 5.77. The minimum atomic E-state index is -4.36. The molecule has 1 unspecified atom stereocenters. The number of carbonyl (C=O) groups excluding carboxylic acids is 1. The molecule has 1 N–H and O–H groups in total. The number of hydrogen-bond donors (Lipinski definition) is 1. The van der Waals surface area contributed by atoms with Crippen molar-refractivity contribution >= 4 is 12.0 Å². The molecule has 1 atom stereocenters. The Labute approximate surface area is 158 Å². The van der Waals surface area contributed by atoms with Gasteiger partial charge in [0.05, 0.1) is 5.92 Å². The van der Waals surface area contributed by atoms with Gasteiger partial charge < -0.3 is 5.32 Å². The van der Waals surface area contributed by atoms with Crippen LogP contribution in [0.3, 0.4) is 0 Å². The highest BCUT2D eigenvalue weighted by Gasteiger charge is 2.38. The molecular formula is C22H24F3NO. The van der Waals surface area contributed by atoms with E-state index in [0.717, 1.165) is 16.7 Å². The number of amides is 1. The second-order valence-corrected chi connectivity index (χ2v) is 6.67. The molecule has 0 saturated heterocycles. The molecule has 0 fully saturated rings. The molecule has 0 aliphatic heterocycles. The Bertz CT molecular complexity index is 787. The number of aryl methyl sites for hydroxylation is 2. The van der Waals surface area contributed by atoms with E-state index in [1.165, 1.54) is 12.2 Å². The second-order valence-electron chi connectivity index (χ2n) is 6.67. The summed E-state index contributed by atoms with van der Waals surface area (Å²) in [5.41, 5.74) is 3.45. The number of carbonyl (C=O) groups is 1. The van der Waals surface area contributed by atoms with Gasteiger partial charge in [0.15, 0.2) is 0 Å². The molecule has 144 valence electrons. The van der Waals surface area contributed by atoms with E-state index in [4.69, 9.17) is 0 Å². The fraction of sp³-hybridized carbons (Fsp3) is 0.318. The van der Waals surface area contributed by atoms with Crippen LogP contribution in [0.1, 0.15) is 47.1 Å². The average Bonchev–Trinajstić information content (AvgIpc) is 2.59. The van der Waals surface area contributed by atoms with Crippen LogP contribution in [0, 0.1) is 13.8 Å². The summed E-state index contributed by atoms with van der Waals surface area (Å²) in [5.74, 6) is -1.69. The Hall–Kier alpha value is -2.56. The molecule has 0 radical (unpaired) electrons. The van der Waals surface area contributed by atoms with Gasteiger partial charge in [0.1, 0.15) is 0 Å². The first-order valence-corrected chi connectivity index (χ1v) is 8.87. The summed E-state index contributed by atoms with van der Waals surface area (Å²) in [5, 5.41) is 2.76. The largest absolute Gasteiger partial charge is 0.399 e. The Morgan fingerprint density at radius 1 is 1.07 bits per heavy atom. The van der Waals surface area contributed by atoms with Crippen molar-refractivity contribution in [3.63, 3.8) is 0 Å². The first kappa shape index (κ1) is 20.7. The molecule has 2 aromatic carbocycles. The summed E-state index contributed by atoms with van der Waals surface area (Å²) >= 11 is 0. The molecule has 2 nitrogen and oxygen atoms in total. The van der Waals surface area contributed by atoms with Crippen LogP contribution >= 0.6 is 0 Å². The van der Waals surface area contributed by atoms with Crippen LogP contribution in [0.15, 0.2) is 48.5 Å². The standard InChI is InChI=1S/C22H24F3NO/c1-4-21(27)26-14-18-7-5-17(6-8-18)9-10-20(22(23,24)25)19-12-15(2)11-16(3)13-19/h5-13,20H,4,14H2,1-3H3,(H,26,27)/b10-9+. The van der Waals surface area contributed by atoms with Gasteiger partial charge in [-0.15, -0.1) is 0 Å². The van der Waals surface area contributed by atoms with Crippen LogP contribution in [-0.4, -0.2) is 12.1 Å². The minimum absolute atomic E-state index is 0.0413. The van der Waals surface area contributed by atoms with E-state index < -0.39 is 12.1 Å². The van der Waals surface area contributed by atoms with E-state index in [1.54, 1.807) is 57.2 Å². The predicted molar refractivity (Wildman–Crippen MR) is 102 cm³/mol. The lowest BCUT2D eigenvalue weighted by atomic mass is 9.94. The maximum Gasteiger partial charge on any atom is 0.399 e. The van der Waals surface area contributed by atoms with Crippen LogP contribution in [0.25, 0.3) is 6.08 Å². The summed E-state index contributed by atoms with van der Waals surface area (Å²) in [6, 6.07) is 12.1. The zero-order valence-corrected chi connectivity index (χ0v) is 15.7. The zero-order chi connectivity index (χ0) is 20.0. The van der Waals surface area contributed by atoms with E-state index in [-0.39, 0.29) is 11.5 Å². The van der Waals surface area contributed by atoms with E-state index in [2.05, 4.69) is 5.32 Å². The first-order chi connectivity index (χ1) is 12.7. The van der Waals surface area contributed by atoms with E-state index in [9.17, 15) is 18.0 Å². The average molecular weight is 375 g/mol. The van der Waals surface area contributed by atoms with Crippen LogP contribution < -0.4 is 5.32 Å². The van der Waals surface area contributed by atoms with Gasteiger partial charge >= 0.3 is 6.18 Å². The number of alkyl halides is 3. The number of nitrogens with one attached hydrogen (secondary N) is 1. The van der Waals surface area contributed by atoms with Crippen LogP contribution in [0.2, 0.25) is 0 Å². The van der Waals surface area contributed by atoms with Crippen LogP contribution in [0.4, 0.5) is 13.2 Å². The molecule has 0 aliphatic rings. The van der Waals surface area contributed by atoms with Crippen molar-refractivity contribution in [3.05, 3.63) is 76.4 Å². The van der Waals surface area contributed by atoms with Crippen molar-refractivity contribution in [2.45, 2.75) is 45.8 Å². The number of allylic oxidation sites excluding steroid dienone is 1. The van der Waals surface area contributed by atoms with Crippen molar-refractivity contribution in [1.82, 2.24) is 5.32 Å². The molecule has 0 aliphatic carbocycles. The third-order valence-electron chi connectivity index (χ3n) is 4.23. The molecule has 2 rings (SSSR count). The van der Waals surface area contributed by atoms with Gasteiger partial charge in [-0.2, -0.15) is 13.2 Å². The maximum absolute atomic E-state index is 13.6. The molecule has 2 aromatic rings. The lowest BCUT2D eigenvalue weighted by Gasteiger charge is -2.18. The quantitative estimate of drug-likeness (QED) is 0.690. The van der Waals surface area contributed by atoms with Crippen molar-refractivity contribution < 1.29 is 18.0 Å². The topological polar surface area (TPSA) is 29.1 Å². The Balaban J connectivity index is 2.17. The monoisotopic (exact) mass is 375 g/mol. The lowest BCUT2D eigenvalue weighted by Crippen LogP contribution is -2.21. The maximum atomic E-state index is 13.6. The summed E-state index contributed by atoms with van der Waals surface area (Å²) in [6.07, 6.45) is -1.26. The zero-order valence-electron chi connectivity index (χ0n) is 15.7. The van der Waals surface area contributed by atoms with E-state index in [1.807, 2.05) is 6.07 Å². The van der Waals surface area contributed by atoms with Gasteiger partial charge in [0.25, 0.3) is 0 Å². The molecule has 27 heavy (non-hydrogen) atoms. The Morgan fingerprint density at radius 3 is 2.19 bits per heavy atom. The minimum Gasteiger partial charge on any atom is -0.352 e. The fourth-order valence-electron chi connectivity index (χ4n) is 2.88. The van der Waals surface area contributed by atoms with Crippen LogP contribution in [-0.2, 0) is 11.3 Å². The normalized spacial score (nSPS) is 13.0. The van der Waals surface area contributed by atoms with Crippen molar-refractivity contribution in [2.24, 2.45) is 0 Å². The lowest BCUT2D eigenvalue weighted by molar-refractivity contribution is -0.139. The Morgan fingerprint density at radius 2 is 1.67 bits per heavy atom. The molecule has 1 amide bonds. The second kappa shape index (κ2) is 8.89. The van der Waals surface area contributed by atoms with Gasteiger partial charge in [-0.3, -0.25) is 4.79 Å².